The molecule has 3 aromatic rings. The van der Waals surface area contributed by atoms with Crippen LogP contribution < -0.4 is 0 Å². The number of H-pyrrole nitrogens is 1. The summed E-state index contributed by atoms with van der Waals surface area (Å²) in [6, 6.07) is 5.04. The molecule has 4 nitrogen and oxygen atoms in total. The van der Waals surface area contributed by atoms with Crippen LogP contribution in [0.4, 0.5) is 0 Å². The van der Waals surface area contributed by atoms with Crippen LogP contribution in [0.3, 0.4) is 0 Å². The topological polar surface area (TPSA) is 61.8 Å². The predicted molar refractivity (Wildman–Crippen MR) is 58.9 cm³/mol. The van der Waals surface area contributed by atoms with Gasteiger partial charge in [0.15, 0.2) is 5.82 Å². The second-order valence-electron chi connectivity index (χ2n) is 3.16. The van der Waals surface area contributed by atoms with E-state index in [0.717, 1.165) is 22.6 Å². The third kappa shape index (κ3) is 1.37. The van der Waals surface area contributed by atoms with Gasteiger partial charge in [0.1, 0.15) is 11.4 Å². The summed E-state index contributed by atoms with van der Waals surface area (Å²) < 4.78 is 0. The number of imidazole rings is 1. The van der Waals surface area contributed by atoms with Crippen LogP contribution in [0.2, 0.25) is 0 Å². The predicted octanol–water partition coefficient (Wildman–Crippen LogP) is 2.39. The zero-order valence-corrected chi connectivity index (χ0v) is 8.45. The Balaban J connectivity index is 2.22. The van der Waals surface area contributed by atoms with E-state index < -0.39 is 0 Å². The van der Waals surface area contributed by atoms with Crippen LogP contribution in [0.15, 0.2) is 29.1 Å². The normalized spacial score (nSPS) is 10.9. The molecule has 1 aromatic carbocycles. The van der Waals surface area contributed by atoms with Gasteiger partial charge in [-0.1, -0.05) is 0 Å². The summed E-state index contributed by atoms with van der Waals surface area (Å²) in [6.07, 6.45) is 0. The number of benzene rings is 1. The molecule has 0 atom stereocenters. The van der Waals surface area contributed by atoms with Crippen molar-refractivity contribution in [1.29, 1.82) is 0 Å². The second-order valence-corrected chi connectivity index (χ2v) is 3.88. The Kier molecular flexibility index (Phi) is 1.72. The Labute approximate surface area is 89.3 Å². The molecular weight excluding hydrogens is 213 g/mol. The quantitative estimate of drug-likeness (QED) is 0.662. The van der Waals surface area contributed by atoms with E-state index in [0.29, 0.717) is 0 Å². The highest BCUT2D eigenvalue weighted by molar-refractivity contribution is 7.07. The van der Waals surface area contributed by atoms with E-state index in [1.54, 1.807) is 23.7 Å². The van der Waals surface area contributed by atoms with Crippen LogP contribution in [-0.2, 0) is 0 Å². The van der Waals surface area contributed by atoms with Gasteiger partial charge in [-0.15, -0.1) is 11.3 Å². The van der Waals surface area contributed by atoms with Gasteiger partial charge in [-0.3, -0.25) is 0 Å². The highest BCUT2D eigenvalue weighted by atomic mass is 32.1. The van der Waals surface area contributed by atoms with Crippen molar-refractivity contribution in [3.63, 3.8) is 0 Å². The Bertz CT molecular complexity index is 600. The number of thiazole rings is 1. The van der Waals surface area contributed by atoms with Crippen molar-refractivity contribution in [2.75, 3.05) is 0 Å². The number of hydrogen-bond acceptors (Lipinski definition) is 4. The molecule has 0 aliphatic carbocycles. The molecule has 2 N–H and O–H groups in total. The van der Waals surface area contributed by atoms with Crippen LogP contribution in [0.5, 0.6) is 5.75 Å². The molecule has 0 bridgehead atoms. The fourth-order valence-corrected chi connectivity index (χ4v) is 1.99. The van der Waals surface area contributed by atoms with E-state index in [1.165, 1.54) is 11.3 Å². The van der Waals surface area contributed by atoms with E-state index in [9.17, 15) is 5.11 Å². The lowest BCUT2D eigenvalue weighted by Gasteiger charge is -1.88. The standard InChI is InChI=1S/C10H7N3OS/c14-6-1-2-7-8(3-6)13-10(12-7)9-4-15-5-11-9/h1-5,14H,(H,12,13)/i4+1,9+1,13+1. The number of rotatable bonds is 1. The summed E-state index contributed by atoms with van der Waals surface area (Å²) >= 11 is 1.53. The van der Waals surface area contributed by atoms with Gasteiger partial charge >= 0.3 is 0 Å². The summed E-state index contributed by atoms with van der Waals surface area (Å²) in [5.41, 5.74) is 4.24. The fraction of sp³-hybridized carbons (Fsp3) is 0. The summed E-state index contributed by atoms with van der Waals surface area (Å²) in [4.78, 5) is 11.7. The van der Waals surface area contributed by atoms with E-state index >= 15 is 0 Å². The molecule has 5 heteroatoms. The lowest BCUT2D eigenvalue weighted by Crippen LogP contribution is -1.77. The molecule has 0 fully saturated rings. The fourth-order valence-electron chi connectivity index (χ4n) is 1.45. The molecule has 15 heavy (non-hydrogen) atoms. The molecule has 0 saturated heterocycles. The molecule has 0 aliphatic rings. The van der Waals surface area contributed by atoms with Gasteiger partial charge in [0.2, 0.25) is 0 Å². The highest BCUT2D eigenvalue weighted by Gasteiger charge is 2.06. The van der Waals surface area contributed by atoms with Crippen molar-refractivity contribution in [2.24, 2.45) is 0 Å². The number of nitrogens with zero attached hydrogens (tertiary/aromatic N) is 2. The van der Waals surface area contributed by atoms with Gasteiger partial charge in [0.25, 0.3) is 0 Å². The number of phenols is 1. The van der Waals surface area contributed by atoms with E-state index in [1.807, 2.05) is 5.38 Å². The molecule has 0 saturated carbocycles. The molecule has 0 amide bonds. The largest absolute Gasteiger partial charge is 0.508 e. The third-order valence-electron chi connectivity index (χ3n) is 2.14. The van der Waals surface area contributed by atoms with E-state index in [4.69, 9.17) is 0 Å². The minimum Gasteiger partial charge on any atom is -0.508 e. The van der Waals surface area contributed by atoms with Crippen LogP contribution in [-0.4, -0.2) is 20.1 Å². The van der Waals surface area contributed by atoms with Gasteiger partial charge in [-0.25, -0.2) is 9.97 Å². The molecule has 0 radical (unpaired) electrons. The van der Waals surface area contributed by atoms with Crippen molar-refractivity contribution in [2.45, 2.75) is 0 Å². The van der Waals surface area contributed by atoms with Crippen molar-refractivity contribution >= 4 is 22.4 Å². The number of aromatic hydroxyl groups is 1. The Morgan fingerprint density at radius 1 is 1.33 bits per heavy atom. The Hall–Kier alpha value is -1.88. The maximum atomic E-state index is 9.31. The molecule has 0 unspecified atom stereocenters. The smallest absolute Gasteiger partial charge is 0.158 e. The highest BCUT2D eigenvalue weighted by Crippen LogP contribution is 2.22. The van der Waals surface area contributed by atoms with Gasteiger partial charge in [0, 0.05) is 11.4 Å². The lowest BCUT2D eigenvalue weighted by atomic mass is 10.3. The molecule has 74 valence electrons. The number of phenolic OH excluding ortho intramolecular Hbond substituents is 1. The first-order valence-electron chi connectivity index (χ1n) is 4.40. The van der Waals surface area contributed by atoms with Crippen molar-refractivity contribution in [1.82, 2.24) is 15.0 Å². The first kappa shape index (κ1) is 8.43. The molecule has 3 rings (SSSR count). The Morgan fingerprint density at radius 3 is 3.07 bits per heavy atom. The first-order valence-corrected chi connectivity index (χ1v) is 5.34. The molecule has 0 aliphatic heterocycles. The van der Waals surface area contributed by atoms with Crippen LogP contribution in [0.1, 0.15) is 0 Å². The zero-order valence-electron chi connectivity index (χ0n) is 7.64. The van der Waals surface area contributed by atoms with Gasteiger partial charge in [-0.05, 0) is 12.1 Å². The van der Waals surface area contributed by atoms with Gasteiger partial charge in [-0.2, -0.15) is 0 Å². The molecule has 2 heterocycles. The van der Waals surface area contributed by atoms with E-state index in [2.05, 4.69) is 15.0 Å². The average Bonchev–Trinajstić information content (AvgIpc) is 2.84. The van der Waals surface area contributed by atoms with Gasteiger partial charge < -0.3 is 10.1 Å². The summed E-state index contributed by atoms with van der Waals surface area (Å²) in [5, 5.41) is 11.2. The maximum Gasteiger partial charge on any atom is 0.158 e. The Morgan fingerprint density at radius 2 is 2.27 bits per heavy atom. The number of aromatic nitrogens is 3. The third-order valence-corrected chi connectivity index (χ3v) is 2.73. The summed E-state index contributed by atoms with van der Waals surface area (Å²) in [5.74, 6) is 0.966. The van der Waals surface area contributed by atoms with Crippen molar-refractivity contribution in [3.8, 4) is 17.3 Å². The number of fused-ring (bicyclic) bond motifs is 1. The SMILES string of the molecule is Oc1ccc2nc(-[13c]3[13cH]scn3)[15nH]c2c1. The van der Waals surface area contributed by atoms with Crippen LogP contribution in [0.25, 0.3) is 22.6 Å². The van der Waals surface area contributed by atoms with Crippen molar-refractivity contribution in [3.05, 3.63) is 29.1 Å². The maximum absolute atomic E-state index is 9.31. The zero-order chi connectivity index (χ0) is 10.3. The number of nitrogens with one attached hydrogen (secondary N) is 1. The summed E-state index contributed by atoms with van der Waals surface area (Å²) in [6.45, 7) is 0. The van der Waals surface area contributed by atoms with E-state index in [-0.39, 0.29) is 5.75 Å². The monoisotopic (exact) mass is 220 g/mol. The van der Waals surface area contributed by atoms with Crippen LogP contribution in [0, 0.1) is 0 Å². The first-order chi connectivity index (χ1) is 7.33. The number of hydrogen-bond donors (Lipinski definition) is 2. The molecule has 2 aromatic heterocycles. The van der Waals surface area contributed by atoms with Crippen molar-refractivity contribution < 1.29 is 5.11 Å². The molecule has 0 spiro atoms. The molecular formula is C10H7N3OS. The summed E-state index contributed by atoms with van der Waals surface area (Å²) in [7, 11) is 0. The van der Waals surface area contributed by atoms with Crippen LogP contribution >= 0.6 is 11.3 Å². The minimum absolute atomic E-state index is 0.232. The lowest BCUT2D eigenvalue weighted by molar-refractivity contribution is 0.476. The average molecular weight is 220 g/mol. The van der Waals surface area contributed by atoms with Gasteiger partial charge in [0.05, 0.1) is 16.5 Å². The minimum atomic E-state index is 0.232. The number of aromatic amines is 1. The second kappa shape index (κ2) is 3.06.